The van der Waals surface area contributed by atoms with Crippen LogP contribution in [0.1, 0.15) is 46.0 Å². The molecule has 5 nitrogen and oxygen atoms in total. The van der Waals surface area contributed by atoms with Crippen molar-refractivity contribution < 1.29 is 4.74 Å². The maximum atomic E-state index is 5.64. The van der Waals surface area contributed by atoms with Crippen LogP contribution in [0.2, 0.25) is 0 Å². The molecular formula is C13H26N4O. The van der Waals surface area contributed by atoms with E-state index in [2.05, 4.69) is 43.1 Å². The molecule has 0 spiro atoms. The first-order chi connectivity index (χ1) is 8.65. The van der Waals surface area contributed by atoms with Crippen LogP contribution < -0.4 is 5.32 Å². The van der Waals surface area contributed by atoms with Gasteiger partial charge in [0.25, 0.3) is 0 Å². The van der Waals surface area contributed by atoms with Crippen LogP contribution in [0, 0.1) is 5.92 Å². The van der Waals surface area contributed by atoms with Gasteiger partial charge in [-0.15, -0.1) is 0 Å². The summed E-state index contributed by atoms with van der Waals surface area (Å²) in [5, 5.41) is 7.76. The molecule has 2 atom stereocenters. The molecule has 1 heterocycles. The van der Waals surface area contributed by atoms with E-state index in [0.29, 0.717) is 5.92 Å². The Bertz CT molecular complexity index is 337. The van der Waals surface area contributed by atoms with E-state index >= 15 is 0 Å². The van der Waals surface area contributed by atoms with Crippen molar-refractivity contribution in [3.63, 3.8) is 0 Å². The first-order valence-electron chi connectivity index (χ1n) is 6.79. The van der Waals surface area contributed by atoms with Crippen molar-refractivity contribution in [2.75, 3.05) is 13.7 Å². The van der Waals surface area contributed by atoms with Crippen LogP contribution in [-0.2, 0) is 11.3 Å². The normalized spacial score (nSPS) is 15.0. The summed E-state index contributed by atoms with van der Waals surface area (Å²) < 4.78 is 7.61. The molecule has 1 aromatic rings. The van der Waals surface area contributed by atoms with Gasteiger partial charge in [0.05, 0.1) is 12.1 Å². The van der Waals surface area contributed by atoms with Gasteiger partial charge < -0.3 is 10.1 Å². The Morgan fingerprint density at radius 2 is 2.11 bits per heavy atom. The standard InChI is InChI=1S/C13H26N4O/c1-6-8-17-13(15-9-16-17)11(14-7-2)12(18-5)10(3)4/h9-12,14H,6-8H2,1-5H3. The van der Waals surface area contributed by atoms with E-state index < -0.39 is 0 Å². The molecule has 0 aliphatic rings. The molecule has 0 aromatic carbocycles. The third kappa shape index (κ3) is 3.53. The third-order valence-electron chi connectivity index (χ3n) is 3.04. The highest BCUT2D eigenvalue weighted by molar-refractivity contribution is 4.99. The van der Waals surface area contributed by atoms with Gasteiger partial charge in [0.1, 0.15) is 12.2 Å². The van der Waals surface area contributed by atoms with Gasteiger partial charge in [-0.25, -0.2) is 9.67 Å². The first-order valence-corrected chi connectivity index (χ1v) is 6.79. The highest BCUT2D eigenvalue weighted by Gasteiger charge is 2.28. The molecule has 0 aliphatic carbocycles. The number of methoxy groups -OCH3 is 1. The summed E-state index contributed by atoms with van der Waals surface area (Å²) in [6.45, 7) is 10.4. The second-order valence-electron chi connectivity index (χ2n) is 4.82. The Labute approximate surface area is 110 Å². The summed E-state index contributed by atoms with van der Waals surface area (Å²) in [6.07, 6.45) is 2.78. The van der Waals surface area contributed by atoms with Crippen LogP contribution in [0.3, 0.4) is 0 Å². The van der Waals surface area contributed by atoms with Crippen LogP contribution >= 0.6 is 0 Å². The van der Waals surface area contributed by atoms with Gasteiger partial charge in [-0.1, -0.05) is 27.7 Å². The van der Waals surface area contributed by atoms with Crippen LogP contribution in [0.4, 0.5) is 0 Å². The average Bonchev–Trinajstić information content (AvgIpc) is 2.77. The molecule has 0 saturated heterocycles. The summed E-state index contributed by atoms with van der Waals surface area (Å²) in [6, 6.07) is 0.0917. The minimum absolute atomic E-state index is 0.0917. The van der Waals surface area contributed by atoms with E-state index in [9.17, 15) is 0 Å². The van der Waals surface area contributed by atoms with Crippen LogP contribution in [0.25, 0.3) is 0 Å². The number of nitrogens with zero attached hydrogens (tertiary/aromatic N) is 3. The van der Waals surface area contributed by atoms with Gasteiger partial charge in [-0.2, -0.15) is 5.10 Å². The fourth-order valence-electron chi connectivity index (χ4n) is 2.27. The summed E-state index contributed by atoms with van der Waals surface area (Å²) in [4.78, 5) is 4.41. The van der Waals surface area contributed by atoms with Crippen LogP contribution in [0.15, 0.2) is 6.33 Å². The van der Waals surface area contributed by atoms with E-state index in [4.69, 9.17) is 4.74 Å². The largest absolute Gasteiger partial charge is 0.379 e. The zero-order chi connectivity index (χ0) is 13.5. The summed E-state index contributed by atoms with van der Waals surface area (Å²) in [7, 11) is 1.76. The lowest BCUT2D eigenvalue weighted by atomic mass is 9.98. The number of aromatic nitrogens is 3. The summed E-state index contributed by atoms with van der Waals surface area (Å²) in [5.41, 5.74) is 0. The number of aryl methyl sites for hydroxylation is 1. The number of nitrogens with one attached hydrogen (secondary N) is 1. The van der Waals surface area contributed by atoms with Gasteiger partial charge >= 0.3 is 0 Å². The van der Waals surface area contributed by atoms with Crippen molar-refractivity contribution >= 4 is 0 Å². The molecule has 2 unspecified atom stereocenters. The highest BCUT2D eigenvalue weighted by atomic mass is 16.5. The smallest absolute Gasteiger partial charge is 0.146 e. The van der Waals surface area contributed by atoms with Gasteiger partial charge in [0.2, 0.25) is 0 Å². The third-order valence-corrected chi connectivity index (χ3v) is 3.04. The molecule has 5 heteroatoms. The molecule has 0 amide bonds. The predicted octanol–water partition coefficient (Wildman–Crippen LogP) is 2.01. The predicted molar refractivity (Wildman–Crippen MR) is 72.4 cm³/mol. The number of hydrogen-bond acceptors (Lipinski definition) is 4. The number of hydrogen-bond donors (Lipinski definition) is 1. The molecule has 18 heavy (non-hydrogen) atoms. The lowest BCUT2D eigenvalue weighted by molar-refractivity contribution is 0.0292. The van der Waals surface area contributed by atoms with Crippen LogP contribution in [0.5, 0.6) is 0 Å². The molecule has 0 fully saturated rings. The van der Waals surface area contributed by atoms with E-state index in [0.717, 1.165) is 25.3 Å². The lowest BCUT2D eigenvalue weighted by Crippen LogP contribution is -2.38. The van der Waals surface area contributed by atoms with Crippen molar-refractivity contribution in [1.82, 2.24) is 20.1 Å². The first kappa shape index (κ1) is 15.1. The topological polar surface area (TPSA) is 52.0 Å². The average molecular weight is 254 g/mol. The number of ether oxygens (including phenoxy) is 1. The van der Waals surface area contributed by atoms with Crippen molar-refractivity contribution in [3.8, 4) is 0 Å². The second-order valence-corrected chi connectivity index (χ2v) is 4.82. The number of rotatable bonds is 8. The Morgan fingerprint density at radius 1 is 1.39 bits per heavy atom. The monoisotopic (exact) mass is 254 g/mol. The number of likely N-dealkylation sites (N-methyl/N-ethyl adjacent to an activating group) is 1. The van der Waals surface area contributed by atoms with Gasteiger partial charge in [0.15, 0.2) is 0 Å². The Kier molecular flexibility index (Phi) is 6.29. The van der Waals surface area contributed by atoms with Crippen LogP contribution in [-0.4, -0.2) is 34.5 Å². The Hall–Kier alpha value is -0.940. The molecule has 104 valence electrons. The van der Waals surface area contributed by atoms with Crippen molar-refractivity contribution in [3.05, 3.63) is 12.2 Å². The molecule has 1 N–H and O–H groups in total. The molecule has 0 bridgehead atoms. The van der Waals surface area contributed by atoms with Gasteiger partial charge in [-0.3, -0.25) is 0 Å². The quantitative estimate of drug-likeness (QED) is 0.771. The molecule has 0 radical (unpaired) electrons. The maximum absolute atomic E-state index is 5.64. The molecule has 0 aliphatic heterocycles. The van der Waals surface area contributed by atoms with Gasteiger partial charge in [0, 0.05) is 13.7 Å². The summed E-state index contributed by atoms with van der Waals surface area (Å²) in [5.74, 6) is 1.39. The molecule has 1 rings (SSSR count). The van der Waals surface area contributed by atoms with E-state index in [1.54, 1.807) is 13.4 Å². The fourth-order valence-corrected chi connectivity index (χ4v) is 2.27. The molecular weight excluding hydrogens is 228 g/mol. The SMILES string of the molecule is CCCn1ncnc1C(NCC)C(OC)C(C)C. The fraction of sp³-hybridized carbons (Fsp3) is 0.846. The van der Waals surface area contributed by atoms with E-state index in [1.165, 1.54) is 0 Å². The van der Waals surface area contributed by atoms with Gasteiger partial charge in [-0.05, 0) is 18.9 Å². The Morgan fingerprint density at radius 3 is 2.61 bits per heavy atom. The molecule has 1 aromatic heterocycles. The minimum atomic E-state index is 0.0917. The maximum Gasteiger partial charge on any atom is 0.146 e. The van der Waals surface area contributed by atoms with Crippen molar-refractivity contribution in [1.29, 1.82) is 0 Å². The Balaban J connectivity index is 2.98. The van der Waals surface area contributed by atoms with E-state index in [-0.39, 0.29) is 12.1 Å². The zero-order valence-corrected chi connectivity index (χ0v) is 12.2. The van der Waals surface area contributed by atoms with Crippen molar-refractivity contribution in [2.24, 2.45) is 5.92 Å². The summed E-state index contributed by atoms with van der Waals surface area (Å²) >= 11 is 0. The second kappa shape index (κ2) is 7.48. The lowest BCUT2D eigenvalue weighted by Gasteiger charge is -2.29. The highest BCUT2D eigenvalue weighted by Crippen LogP contribution is 2.22. The van der Waals surface area contributed by atoms with Crippen molar-refractivity contribution in [2.45, 2.75) is 52.8 Å². The molecule has 0 saturated carbocycles. The van der Waals surface area contributed by atoms with E-state index in [1.807, 2.05) is 4.68 Å². The zero-order valence-electron chi connectivity index (χ0n) is 12.2. The minimum Gasteiger partial charge on any atom is -0.379 e.